The number of carbonyl (C=O) groups excluding carboxylic acids is 3. The molecule has 0 N–H and O–H groups in total. The molecule has 0 amide bonds. The van der Waals surface area contributed by atoms with Crippen LogP contribution in [0, 0.1) is 22.0 Å². The number of carbonyl (C=O) groups is 3. The van der Waals surface area contributed by atoms with E-state index in [0.717, 1.165) is 5.56 Å². The summed E-state index contributed by atoms with van der Waals surface area (Å²) in [4.78, 5) is 53.1. The molecule has 190 valence electrons. The third-order valence-electron chi connectivity index (χ3n) is 5.92. The van der Waals surface area contributed by atoms with Gasteiger partial charge in [0, 0.05) is 23.8 Å². The van der Waals surface area contributed by atoms with E-state index in [1.54, 1.807) is 19.9 Å². The summed E-state index contributed by atoms with van der Waals surface area (Å²) < 4.78 is 16.2. The minimum Gasteiger partial charge on any atom is -0.466 e. The van der Waals surface area contributed by atoms with Crippen molar-refractivity contribution >= 4 is 29.6 Å². The molecule has 0 saturated carbocycles. The molecule has 4 unspecified atom stereocenters. The number of hydrogen-bond acceptors (Lipinski definition) is 9. The summed E-state index contributed by atoms with van der Waals surface area (Å²) >= 11 is 0. The van der Waals surface area contributed by atoms with E-state index in [1.807, 2.05) is 30.3 Å². The Morgan fingerprint density at radius 2 is 1.81 bits per heavy atom. The summed E-state index contributed by atoms with van der Waals surface area (Å²) in [6, 6.07) is 14.0. The van der Waals surface area contributed by atoms with Gasteiger partial charge in [-0.1, -0.05) is 42.5 Å². The molecule has 0 saturated heterocycles. The van der Waals surface area contributed by atoms with Gasteiger partial charge in [0.15, 0.2) is 0 Å². The van der Waals surface area contributed by atoms with Crippen molar-refractivity contribution in [2.24, 2.45) is 16.8 Å². The normalized spacial score (nSPS) is 21.2. The lowest BCUT2D eigenvalue weighted by Gasteiger charge is -2.37. The van der Waals surface area contributed by atoms with Gasteiger partial charge in [0.1, 0.15) is 24.9 Å². The quantitative estimate of drug-likeness (QED) is 0.152. The van der Waals surface area contributed by atoms with Gasteiger partial charge in [-0.05, 0) is 25.0 Å². The Morgan fingerprint density at radius 1 is 1.06 bits per heavy atom. The van der Waals surface area contributed by atoms with Crippen LogP contribution in [-0.2, 0) is 35.2 Å². The number of esters is 2. The molecule has 4 atom stereocenters. The highest BCUT2D eigenvalue weighted by molar-refractivity contribution is 6.04. The number of nitro groups is 1. The number of ether oxygens (including phenoxy) is 3. The highest BCUT2D eigenvalue weighted by Gasteiger charge is 2.49. The molecule has 1 heterocycles. The van der Waals surface area contributed by atoms with Crippen LogP contribution in [-0.4, -0.2) is 54.7 Å². The van der Waals surface area contributed by atoms with Gasteiger partial charge in [0.05, 0.1) is 30.7 Å². The lowest BCUT2D eigenvalue weighted by molar-refractivity contribution is -0.384. The summed E-state index contributed by atoms with van der Waals surface area (Å²) in [6.45, 7) is 3.69. The summed E-state index contributed by atoms with van der Waals surface area (Å²) in [5.41, 5.74) is 1.39. The van der Waals surface area contributed by atoms with Crippen molar-refractivity contribution in [1.82, 2.24) is 0 Å². The average Bonchev–Trinajstić information content (AvgIpc) is 2.88. The minimum atomic E-state index is -1.15. The van der Waals surface area contributed by atoms with E-state index in [2.05, 4.69) is 4.99 Å². The monoisotopic (exact) mass is 496 g/mol. The fourth-order valence-electron chi connectivity index (χ4n) is 4.33. The molecule has 0 fully saturated rings. The van der Waals surface area contributed by atoms with Crippen molar-refractivity contribution < 1.29 is 33.5 Å². The SMILES string of the molecule is CCOC(=O)C1C(C=O)N=C(C)C(C(=O)OCCOCc2ccccc2)C1c1cccc([N+](=O)[O-])c1. The average molecular weight is 497 g/mol. The van der Waals surface area contributed by atoms with Gasteiger partial charge in [-0.25, -0.2) is 0 Å². The fraction of sp³-hybridized carbons (Fsp3) is 0.385. The Labute approximate surface area is 208 Å². The van der Waals surface area contributed by atoms with Crippen molar-refractivity contribution in [2.45, 2.75) is 32.4 Å². The van der Waals surface area contributed by atoms with E-state index in [1.165, 1.54) is 18.2 Å². The molecule has 10 nitrogen and oxygen atoms in total. The largest absolute Gasteiger partial charge is 0.466 e. The first kappa shape index (κ1) is 26.7. The number of aldehydes is 1. The van der Waals surface area contributed by atoms with Crippen LogP contribution in [0.4, 0.5) is 5.69 Å². The second kappa shape index (κ2) is 12.7. The maximum Gasteiger partial charge on any atom is 0.315 e. The summed E-state index contributed by atoms with van der Waals surface area (Å²) in [5, 5.41) is 11.4. The molecule has 2 aromatic carbocycles. The van der Waals surface area contributed by atoms with Gasteiger partial charge in [0.2, 0.25) is 0 Å². The smallest absolute Gasteiger partial charge is 0.315 e. The molecule has 0 aromatic heterocycles. The molecule has 1 aliphatic rings. The maximum absolute atomic E-state index is 13.2. The van der Waals surface area contributed by atoms with Crippen LogP contribution in [0.2, 0.25) is 0 Å². The van der Waals surface area contributed by atoms with Gasteiger partial charge in [-0.3, -0.25) is 24.7 Å². The number of non-ortho nitro benzene ring substituents is 1. The molecule has 36 heavy (non-hydrogen) atoms. The Kier molecular flexibility index (Phi) is 9.40. The van der Waals surface area contributed by atoms with E-state index >= 15 is 0 Å². The second-order valence-electron chi connectivity index (χ2n) is 8.24. The Morgan fingerprint density at radius 3 is 2.47 bits per heavy atom. The van der Waals surface area contributed by atoms with Crippen molar-refractivity contribution in [3.63, 3.8) is 0 Å². The van der Waals surface area contributed by atoms with Gasteiger partial charge in [-0.15, -0.1) is 0 Å². The number of aliphatic imine (C=N–C) groups is 1. The van der Waals surface area contributed by atoms with E-state index in [4.69, 9.17) is 14.2 Å². The second-order valence-corrected chi connectivity index (χ2v) is 8.24. The zero-order valence-electron chi connectivity index (χ0n) is 20.1. The molecule has 2 aromatic rings. The number of rotatable bonds is 11. The fourth-order valence-corrected chi connectivity index (χ4v) is 4.33. The summed E-state index contributed by atoms with van der Waals surface area (Å²) in [5.74, 6) is -4.54. The van der Waals surface area contributed by atoms with Crippen LogP contribution in [0.5, 0.6) is 0 Å². The minimum absolute atomic E-state index is 0.0434. The first-order chi connectivity index (χ1) is 17.4. The Bertz CT molecular complexity index is 1120. The van der Waals surface area contributed by atoms with E-state index < -0.39 is 40.7 Å². The zero-order valence-corrected chi connectivity index (χ0v) is 20.1. The number of benzene rings is 2. The predicted octanol–water partition coefficient (Wildman–Crippen LogP) is 3.28. The van der Waals surface area contributed by atoms with Gasteiger partial charge < -0.3 is 19.0 Å². The van der Waals surface area contributed by atoms with E-state index in [9.17, 15) is 24.5 Å². The lowest BCUT2D eigenvalue weighted by Crippen LogP contribution is -2.47. The maximum atomic E-state index is 13.2. The molecular weight excluding hydrogens is 468 g/mol. The third kappa shape index (κ3) is 6.39. The topological polar surface area (TPSA) is 134 Å². The highest BCUT2D eigenvalue weighted by atomic mass is 16.6. The lowest BCUT2D eigenvalue weighted by atomic mass is 9.70. The predicted molar refractivity (Wildman–Crippen MR) is 129 cm³/mol. The van der Waals surface area contributed by atoms with Crippen LogP contribution < -0.4 is 0 Å². The van der Waals surface area contributed by atoms with Crippen molar-refractivity contribution in [1.29, 1.82) is 0 Å². The van der Waals surface area contributed by atoms with Crippen LogP contribution in [0.1, 0.15) is 30.9 Å². The molecule has 3 rings (SSSR count). The molecule has 0 aliphatic carbocycles. The Hall–Kier alpha value is -3.92. The summed E-state index contributed by atoms with van der Waals surface area (Å²) in [7, 11) is 0. The van der Waals surface area contributed by atoms with Gasteiger partial charge in [0.25, 0.3) is 5.69 Å². The Balaban J connectivity index is 1.85. The molecule has 0 bridgehead atoms. The standard InChI is InChI=1S/C26H28N2O8/c1-3-35-26(31)24-21(15-29)27-17(2)22(23(24)19-10-7-11-20(14-19)28(32)33)25(30)36-13-12-34-16-18-8-5-4-6-9-18/h4-11,14-15,21-24H,3,12-13,16H2,1-2H3. The molecule has 1 aliphatic heterocycles. The first-order valence-corrected chi connectivity index (χ1v) is 11.6. The summed E-state index contributed by atoms with van der Waals surface area (Å²) in [6.07, 6.45) is 0.522. The molecule has 10 heteroatoms. The third-order valence-corrected chi connectivity index (χ3v) is 5.92. The van der Waals surface area contributed by atoms with Crippen LogP contribution in [0.25, 0.3) is 0 Å². The van der Waals surface area contributed by atoms with Crippen molar-refractivity contribution in [3.8, 4) is 0 Å². The van der Waals surface area contributed by atoms with Crippen molar-refractivity contribution in [3.05, 3.63) is 75.8 Å². The van der Waals surface area contributed by atoms with Gasteiger partial charge >= 0.3 is 11.9 Å². The molecule has 0 radical (unpaired) electrons. The van der Waals surface area contributed by atoms with Crippen LogP contribution in [0.3, 0.4) is 0 Å². The van der Waals surface area contributed by atoms with E-state index in [-0.39, 0.29) is 25.5 Å². The number of nitrogens with zero attached hydrogens (tertiary/aromatic N) is 2. The number of nitro benzene ring substituents is 1. The van der Waals surface area contributed by atoms with E-state index in [0.29, 0.717) is 24.2 Å². The van der Waals surface area contributed by atoms with Gasteiger partial charge in [-0.2, -0.15) is 0 Å². The molecule has 0 spiro atoms. The van der Waals surface area contributed by atoms with Crippen LogP contribution >= 0.6 is 0 Å². The number of hydrogen-bond donors (Lipinski definition) is 0. The first-order valence-electron chi connectivity index (χ1n) is 11.6. The van der Waals surface area contributed by atoms with Crippen LogP contribution in [0.15, 0.2) is 59.6 Å². The highest BCUT2D eigenvalue weighted by Crippen LogP contribution is 2.41. The molecular formula is C26H28N2O8. The van der Waals surface area contributed by atoms with Crippen molar-refractivity contribution in [2.75, 3.05) is 19.8 Å². The zero-order chi connectivity index (χ0) is 26.1.